The van der Waals surface area contributed by atoms with Gasteiger partial charge in [-0.1, -0.05) is 17.7 Å². The van der Waals surface area contributed by atoms with Crippen LogP contribution < -0.4 is 0 Å². The van der Waals surface area contributed by atoms with Crippen LogP contribution in [0.25, 0.3) is 0 Å². The van der Waals surface area contributed by atoms with Crippen LogP contribution in [0.2, 0.25) is 5.02 Å². The average Bonchev–Trinajstić information content (AvgIpc) is 2.22. The predicted molar refractivity (Wildman–Crippen MR) is 71.9 cm³/mol. The van der Waals surface area contributed by atoms with Gasteiger partial charge in [-0.3, -0.25) is 4.79 Å². The summed E-state index contributed by atoms with van der Waals surface area (Å²) in [5.41, 5.74) is 1.54. The van der Waals surface area contributed by atoms with Crippen molar-refractivity contribution in [3.8, 4) is 0 Å². The van der Waals surface area contributed by atoms with Gasteiger partial charge in [-0.15, -0.1) is 0 Å². The number of rotatable bonds is 4. The van der Waals surface area contributed by atoms with E-state index in [1.165, 1.54) is 0 Å². The lowest BCUT2D eigenvalue weighted by atomic mass is 9.84. The number of halogens is 1. The van der Waals surface area contributed by atoms with Gasteiger partial charge < -0.3 is 10.2 Å². The molecule has 0 spiro atoms. The summed E-state index contributed by atoms with van der Waals surface area (Å²) in [4.78, 5) is 11.1. The number of aliphatic hydroxyl groups is 1. The number of benzene rings is 1. The summed E-state index contributed by atoms with van der Waals surface area (Å²) in [6.07, 6.45) is -0.628. The van der Waals surface area contributed by atoms with Crippen molar-refractivity contribution in [3.05, 3.63) is 33.8 Å². The molecule has 1 aromatic rings. The Labute approximate surface area is 112 Å². The molecular weight excluding hydrogens is 252 g/mol. The van der Waals surface area contributed by atoms with Gasteiger partial charge in [-0.25, -0.2) is 0 Å². The second kappa shape index (κ2) is 5.29. The number of hydrogen-bond donors (Lipinski definition) is 2. The molecule has 18 heavy (non-hydrogen) atoms. The van der Waals surface area contributed by atoms with Crippen LogP contribution >= 0.6 is 11.6 Å². The summed E-state index contributed by atoms with van der Waals surface area (Å²) < 4.78 is 0. The molecule has 0 fully saturated rings. The third-order valence-electron chi connectivity index (χ3n) is 3.19. The van der Waals surface area contributed by atoms with Gasteiger partial charge in [0.25, 0.3) is 0 Å². The monoisotopic (exact) mass is 270 g/mol. The van der Waals surface area contributed by atoms with Crippen LogP contribution in [0.4, 0.5) is 0 Å². The predicted octanol–water partition coefficient (Wildman–Crippen LogP) is 3.49. The Morgan fingerprint density at radius 3 is 2.39 bits per heavy atom. The van der Waals surface area contributed by atoms with Crippen molar-refractivity contribution >= 4 is 17.6 Å². The van der Waals surface area contributed by atoms with Gasteiger partial charge in [0.15, 0.2) is 0 Å². The van der Waals surface area contributed by atoms with Crippen LogP contribution in [0.5, 0.6) is 0 Å². The van der Waals surface area contributed by atoms with Crippen molar-refractivity contribution in [1.29, 1.82) is 0 Å². The maximum atomic E-state index is 11.1. The fourth-order valence-electron chi connectivity index (χ4n) is 1.84. The molecule has 2 N–H and O–H groups in total. The number of carboxylic acids is 1. The molecule has 0 amide bonds. The highest BCUT2D eigenvalue weighted by Gasteiger charge is 2.31. The number of aliphatic hydroxyl groups excluding tert-OH is 1. The summed E-state index contributed by atoms with van der Waals surface area (Å²) >= 11 is 6.00. The minimum absolute atomic E-state index is 0.171. The largest absolute Gasteiger partial charge is 0.481 e. The molecule has 0 radical (unpaired) electrons. The molecule has 1 unspecified atom stereocenters. The average molecular weight is 271 g/mol. The molecule has 0 saturated heterocycles. The lowest BCUT2D eigenvalue weighted by molar-refractivity contribution is -0.148. The van der Waals surface area contributed by atoms with E-state index in [9.17, 15) is 9.90 Å². The van der Waals surface area contributed by atoms with Gasteiger partial charge in [0.2, 0.25) is 0 Å². The molecule has 0 aliphatic rings. The smallest absolute Gasteiger partial charge is 0.309 e. The van der Waals surface area contributed by atoms with Crippen molar-refractivity contribution in [2.45, 2.75) is 40.2 Å². The van der Waals surface area contributed by atoms with Crippen molar-refractivity contribution in [2.24, 2.45) is 5.41 Å². The molecule has 4 heteroatoms. The molecule has 0 heterocycles. The Hall–Kier alpha value is -1.06. The van der Waals surface area contributed by atoms with Gasteiger partial charge in [-0.2, -0.15) is 0 Å². The zero-order chi connectivity index (χ0) is 14.1. The first kappa shape index (κ1) is 15.0. The van der Waals surface area contributed by atoms with E-state index < -0.39 is 17.5 Å². The Morgan fingerprint density at radius 1 is 1.33 bits per heavy atom. The van der Waals surface area contributed by atoms with E-state index in [1.807, 2.05) is 19.9 Å². The van der Waals surface area contributed by atoms with Crippen LogP contribution in [0.1, 0.15) is 43.1 Å². The van der Waals surface area contributed by atoms with E-state index in [0.29, 0.717) is 5.02 Å². The van der Waals surface area contributed by atoms with Crippen molar-refractivity contribution in [1.82, 2.24) is 0 Å². The zero-order valence-electron chi connectivity index (χ0n) is 11.1. The van der Waals surface area contributed by atoms with E-state index in [2.05, 4.69) is 0 Å². The minimum atomic E-state index is -0.959. The first-order valence-corrected chi connectivity index (χ1v) is 6.21. The van der Waals surface area contributed by atoms with E-state index in [0.717, 1.165) is 16.7 Å². The second-order valence-corrected chi connectivity index (χ2v) is 5.77. The second-order valence-electron chi connectivity index (χ2n) is 5.37. The van der Waals surface area contributed by atoms with Crippen LogP contribution in [-0.4, -0.2) is 16.2 Å². The first-order chi connectivity index (χ1) is 8.15. The fourth-order valence-corrected chi connectivity index (χ4v) is 2.06. The first-order valence-electron chi connectivity index (χ1n) is 5.83. The number of aliphatic carboxylic acids is 1. The molecular formula is C14H19ClO3. The highest BCUT2D eigenvalue weighted by atomic mass is 35.5. The van der Waals surface area contributed by atoms with E-state index in [-0.39, 0.29) is 6.42 Å². The summed E-state index contributed by atoms with van der Waals surface area (Å²) in [7, 11) is 0. The maximum absolute atomic E-state index is 11.1. The van der Waals surface area contributed by atoms with Crippen LogP contribution in [0.15, 0.2) is 12.1 Å². The highest BCUT2D eigenvalue weighted by molar-refractivity contribution is 6.31. The molecule has 0 aliphatic heterocycles. The number of carbonyl (C=O) groups is 1. The number of aryl methyl sites for hydroxylation is 2. The van der Waals surface area contributed by atoms with E-state index >= 15 is 0 Å². The molecule has 100 valence electrons. The molecule has 3 nitrogen and oxygen atoms in total. The summed E-state index contributed by atoms with van der Waals surface area (Å²) in [6, 6.07) is 3.61. The minimum Gasteiger partial charge on any atom is -0.481 e. The summed E-state index contributed by atoms with van der Waals surface area (Å²) in [5.74, 6) is -0.912. The summed E-state index contributed by atoms with van der Waals surface area (Å²) in [5, 5.41) is 19.9. The Bertz CT molecular complexity index is 466. The highest BCUT2D eigenvalue weighted by Crippen LogP contribution is 2.33. The third-order valence-corrected chi connectivity index (χ3v) is 3.60. The van der Waals surface area contributed by atoms with Crippen LogP contribution in [0.3, 0.4) is 0 Å². The SMILES string of the molecule is Cc1cc(C(O)CC(C)(C)C(=O)O)c(C)cc1Cl. The van der Waals surface area contributed by atoms with Crippen molar-refractivity contribution in [2.75, 3.05) is 0 Å². The van der Waals surface area contributed by atoms with Gasteiger partial charge >= 0.3 is 5.97 Å². The standard InChI is InChI=1S/C14H19ClO3/c1-8-6-11(15)9(2)5-10(8)12(16)7-14(3,4)13(17)18/h5-6,12,16H,7H2,1-4H3,(H,17,18). The lowest BCUT2D eigenvalue weighted by Crippen LogP contribution is -2.26. The van der Waals surface area contributed by atoms with Gasteiger partial charge in [0.05, 0.1) is 11.5 Å². The normalized spacial score (nSPS) is 13.4. The van der Waals surface area contributed by atoms with Gasteiger partial charge in [-0.05, 0) is 56.9 Å². The van der Waals surface area contributed by atoms with Gasteiger partial charge in [0.1, 0.15) is 0 Å². The molecule has 1 rings (SSSR count). The zero-order valence-corrected chi connectivity index (χ0v) is 11.9. The number of hydrogen-bond acceptors (Lipinski definition) is 2. The van der Waals surface area contributed by atoms with Crippen LogP contribution in [-0.2, 0) is 4.79 Å². The Balaban J connectivity index is 3.01. The molecule has 1 atom stereocenters. The maximum Gasteiger partial charge on any atom is 0.309 e. The molecule has 0 aliphatic carbocycles. The topological polar surface area (TPSA) is 57.5 Å². The molecule has 0 saturated carbocycles. The van der Waals surface area contributed by atoms with E-state index in [4.69, 9.17) is 16.7 Å². The lowest BCUT2D eigenvalue weighted by Gasteiger charge is -2.24. The fraction of sp³-hybridized carbons (Fsp3) is 0.500. The van der Waals surface area contributed by atoms with E-state index in [1.54, 1.807) is 19.9 Å². The molecule has 1 aromatic carbocycles. The Kier molecular flexibility index (Phi) is 4.41. The van der Waals surface area contributed by atoms with Crippen LogP contribution in [0, 0.1) is 19.3 Å². The molecule has 0 aromatic heterocycles. The quantitative estimate of drug-likeness (QED) is 0.880. The van der Waals surface area contributed by atoms with Gasteiger partial charge in [0, 0.05) is 5.02 Å². The summed E-state index contributed by atoms with van der Waals surface area (Å²) in [6.45, 7) is 6.94. The Morgan fingerprint density at radius 2 is 1.89 bits per heavy atom. The third kappa shape index (κ3) is 3.24. The molecule has 0 bridgehead atoms. The number of carboxylic acid groups (broad SMARTS) is 1. The van der Waals surface area contributed by atoms with Crippen molar-refractivity contribution in [3.63, 3.8) is 0 Å². The van der Waals surface area contributed by atoms with Crippen molar-refractivity contribution < 1.29 is 15.0 Å².